The van der Waals surface area contributed by atoms with Gasteiger partial charge in [0.25, 0.3) is 0 Å². The smallest absolute Gasteiger partial charge is 0.232 e. The molecule has 0 spiro atoms. The molecule has 76 valence electrons. The molecule has 0 saturated heterocycles. The van der Waals surface area contributed by atoms with E-state index in [1.54, 1.807) is 0 Å². The van der Waals surface area contributed by atoms with Gasteiger partial charge in [-0.3, -0.25) is 0 Å². The minimum atomic E-state index is 0.352. The Balaban J connectivity index is 2.59. The summed E-state index contributed by atoms with van der Waals surface area (Å²) < 4.78 is 5.97. The van der Waals surface area contributed by atoms with Crippen LogP contribution in [0.25, 0.3) is 0 Å². The number of nitrogens with zero attached hydrogens (tertiary/aromatic N) is 2. The van der Waals surface area contributed by atoms with Crippen LogP contribution in [0.1, 0.15) is 13.3 Å². The van der Waals surface area contributed by atoms with Gasteiger partial charge in [-0.15, -0.1) is 6.58 Å². The molecule has 0 aliphatic rings. The largest absolute Gasteiger partial charge is 0.476 e. The first-order chi connectivity index (χ1) is 6.61. The van der Waals surface area contributed by atoms with Crippen LogP contribution in [0.2, 0.25) is 5.15 Å². The van der Waals surface area contributed by atoms with E-state index in [-0.39, 0.29) is 0 Å². The van der Waals surface area contributed by atoms with Gasteiger partial charge in [0.15, 0.2) is 5.15 Å². The van der Waals surface area contributed by atoms with Crippen LogP contribution in [-0.4, -0.2) is 16.6 Å². The second kappa shape index (κ2) is 5.32. The van der Waals surface area contributed by atoms with Gasteiger partial charge in [0, 0.05) is 6.42 Å². The third-order valence-electron chi connectivity index (χ3n) is 1.48. The molecular formula is C9H10BrClN2O. The highest BCUT2D eigenvalue weighted by molar-refractivity contribution is 9.10. The predicted octanol–water partition coefficient (Wildman–Crippen LogP) is 3.24. The molecule has 3 nitrogen and oxygen atoms in total. The predicted molar refractivity (Wildman–Crippen MR) is 59.7 cm³/mol. The number of ether oxygens (including phenoxy) is 1. The summed E-state index contributed by atoms with van der Waals surface area (Å²) in [4.78, 5) is 7.73. The minimum absolute atomic E-state index is 0.352. The van der Waals surface area contributed by atoms with Gasteiger partial charge < -0.3 is 4.74 Å². The Labute approximate surface area is 96.3 Å². The second-order valence-corrected chi connectivity index (χ2v) is 3.99. The molecule has 0 radical (unpaired) electrons. The molecule has 0 N–H and O–H groups in total. The van der Waals surface area contributed by atoms with Gasteiger partial charge in [-0.1, -0.05) is 17.2 Å². The Bertz CT molecular complexity index is 344. The van der Waals surface area contributed by atoms with E-state index in [4.69, 9.17) is 16.3 Å². The highest BCUT2D eigenvalue weighted by atomic mass is 79.9. The lowest BCUT2D eigenvalue weighted by atomic mass is 10.3. The van der Waals surface area contributed by atoms with Gasteiger partial charge in [-0.05, 0) is 22.9 Å². The quantitative estimate of drug-likeness (QED) is 0.626. The Morgan fingerprint density at radius 2 is 2.36 bits per heavy atom. The topological polar surface area (TPSA) is 35.0 Å². The zero-order valence-corrected chi connectivity index (χ0v) is 10.1. The maximum absolute atomic E-state index is 5.76. The summed E-state index contributed by atoms with van der Waals surface area (Å²) in [7, 11) is 0. The number of hydrogen-bond donors (Lipinski definition) is 0. The second-order valence-electron chi connectivity index (χ2n) is 2.84. The molecule has 0 aromatic carbocycles. The molecule has 0 fully saturated rings. The molecule has 1 aromatic heterocycles. The van der Waals surface area contributed by atoms with Gasteiger partial charge >= 0.3 is 0 Å². The summed E-state index contributed by atoms with van der Waals surface area (Å²) in [6, 6.07) is 0. The van der Waals surface area contributed by atoms with E-state index in [1.165, 1.54) is 6.33 Å². The molecule has 0 amide bonds. The van der Waals surface area contributed by atoms with E-state index < -0.39 is 0 Å². The van der Waals surface area contributed by atoms with Crippen LogP contribution in [0.5, 0.6) is 5.88 Å². The molecule has 5 heteroatoms. The Hall–Kier alpha value is -0.610. The summed E-state index contributed by atoms with van der Waals surface area (Å²) in [6.45, 7) is 6.27. The van der Waals surface area contributed by atoms with Crippen LogP contribution < -0.4 is 4.74 Å². The summed E-state index contributed by atoms with van der Waals surface area (Å²) in [5, 5.41) is 0.352. The van der Waals surface area contributed by atoms with Crippen molar-refractivity contribution in [3.63, 3.8) is 0 Å². The van der Waals surface area contributed by atoms with E-state index in [0.717, 1.165) is 12.0 Å². The fraction of sp³-hybridized carbons (Fsp3) is 0.333. The monoisotopic (exact) mass is 276 g/mol. The van der Waals surface area contributed by atoms with E-state index in [0.29, 0.717) is 22.1 Å². The Morgan fingerprint density at radius 1 is 1.64 bits per heavy atom. The molecule has 1 rings (SSSR count). The van der Waals surface area contributed by atoms with Crippen molar-refractivity contribution < 1.29 is 4.74 Å². The van der Waals surface area contributed by atoms with Crippen LogP contribution in [0.3, 0.4) is 0 Å². The number of halogens is 2. The SMILES string of the molecule is C=C(C)CCOc1ncnc(Cl)c1Br. The lowest BCUT2D eigenvalue weighted by Gasteiger charge is -2.06. The molecule has 0 bridgehead atoms. The van der Waals surface area contributed by atoms with E-state index >= 15 is 0 Å². The van der Waals surface area contributed by atoms with E-state index in [2.05, 4.69) is 32.5 Å². The Kier molecular flexibility index (Phi) is 4.35. The van der Waals surface area contributed by atoms with Crippen molar-refractivity contribution in [1.29, 1.82) is 0 Å². The molecule has 0 aliphatic carbocycles. The Morgan fingerprint density at radius 3 is 3.00 bits per heavy atom. The van der Waals surface area contributed by atoms with Crippen molar-refractivity contribution >= 4 is 27.5 Å². The highest BCUT2D eigenvalue weighted by Crippen LogP contribution is 2.27. The molecule has 0 atom stereocenters. The van der Waals surface area contributed by atoms with Crippen LogP contribution in [0.15, 0.2) is 23.0 Å². The van der Waals surface area contributed by atoms with Crippen molar-refractivity contribution in [2.75, 3.05) is 6.61 Å². The molecule has 14 heavy (non-hydrogen) atoms. The standard InChI is InChI=1S/C9H10BrClN2O/c1-6(2)3-4-14-9-7(10)8(11)12-5-13-9/h5H,1,3-4H2,2H3. The molecule has 1 heterocycles. The fourth-order valence-electron chi connectivity index (χ4n) is 0.756. The fourth-order valence-corrected chi connectivity index (χ4v) is 1.20. The van der Waals surface area contributed by atoms with Crippen molar-refractivity contribution in [2.45, 2.75) is 13.3 Å². The van der Waals surface area contributed by atoms with Crippen molar-refractivity contribution in [1.82, 2.24) is 9.97 Å². The first-order valence-electron chi connectivity index (χ1n) is 4.04. The van der Waals surface area contributed by atoms with Crippen LogP contribution in [0.4, 0.5) is 0 Å². The van der Waals surface area contributed by atoms with Gasteiger partial charge in [0.05, 0.1) is 6.61 Å². The average molecular weight is 278 g/mol. The van der Waals surface area contributed by atoms with Crippen molar-refractivity contribution in [2.24, 2.45) is 0 Å². The third-order valence-corrected chi connectivity index (χ3v) is 2.71. The lowest BCUT2D eigenvalue weighted by molar-refractivity contribution is 0.306. The van der Waals surface area contributed by atoms with Crippen molar-refractivity contribution in [3.8, 4) is 5.88 Å². The van der Waals surface area contributed by atoms with E-state index in [9.17, 15) is 0 Å². The van der Waals surface area contributed by atoms with Gasteiger partial charge in [-0.2, -0.15) is 0 Å². The first kappa shape index (κ1) is 11.5. The summed E-state index contributed by atoms with van der Waals surface area (Å²) in [6.07, 6.45) is 2.16. The van der Waals surface area contributed by atoms with Gasteiger partial charge in [0.2, 0.25) is 5.88 Å². The normalized spacial score (nSPS) is 9.93. The van der Waals surface area contributed by atoms with Crippen LogP contribution in [0, 0.1) is 0 Å². The zero-order chi connectivity index (χ0) is 10.6. The summed E-state index contributed by atoms with van der Waals surface area (Å²) >= 11 is 9.00. The molecular weight excluding hydrogens is 267 g/mol. The summed E-state index contributed by atoms with van der Waals surface area (Å²) in [5.74, 6) is 0.464. The van der Waals surface area contributed by atoms with Crippen LogP contribution in [-0.2, 0) is 0 Å². The maximum Gasteiger partial charge on any atom is 0.232 e. The first-order valence-corrected chi connectivity index (χ1v) is 5.21. The summed E-state index contributed by atoms with van der Waals surface area (Å²) in [5.41, 5.74) is 1.07. The minimum Gasteiger partial charge on any atom is -0.476 e. The van der Waals surface area contributed by atoms with E-state index in [1.807, 2.05) is 6.92 Å². The molecule has 0 unspecified atom stereocenters. The van der Waals surface area contributed by atoms with Gasteiger partial charge in [0.1, 0.15) is 10.8 Å². The lowest BCUT2D eigenvalue weighted by Crippen LogP contribution is -2.00. The van der Waals surface area contributed by atoms with Crippen molar-refractivity contribution in [3.05, 3.63) is 28.1 Å². The number of rotatable bonds is 4. The number of hydrogen-bond acceptors (Lipinski definition) is 3. The number of aromatic nitrogens is 2. The maximum atomic E-state index is 5.76. The van der Waals surface area contributed by atoms with Crippen LogP contribution >= 0.6 is 27.5 Å². The average Bonchev–Trinajstić information content (AvgIpc) is 2.12. The van der Waals surface area contributed by atoms with Gasteiger partial charge in [-0.25, -0.2) is 9.97 Å². The molecule has 1 aromatic rings. The molecule has 0 aliphatic heterocycles. The highest BCUT2D eigenvalue weighted by Gasteiger charge is 2.07. The zero-order valence-electron chi connectivity index (χ0n) is 7.76. The molecule has 0 saturated carbocycles. The third kappa shape index (κ3) is 3.27.